The van der Waals surface area contributed by atoms with Crippen LogP contribution in [0.3, 0.4) is 0 Å². The van der Waals surface area contributed by atoms with Crippen molar-refractivity contribution in [3.63, 3.8) is 0 Å². The lowest BCUT2D eigenvalue weighted by Crippen LogP contribution is -2.45. The van der Waals surface area contributed by atoms with Crippen LogP contribution in [0, 0.1) is 5.92 Å². The minimum Gasteiger partial charge on any atom is -0.329 e. The predicted octanol–water partition coefficient (Wildman–Crippen LogP) is 2.13. The fourth-order valence-electron chi connectivity index (χ4n) is 1.64. The Labute approximate surface area is 92.0 Å². The van der Waals surface area contributed by atoms with Crippen LogP contribution in [-0.4, -0.2) is 36.2 Å². The van der Waals surface area contributed by atoms with E-state index in [9.17, 15) is 18.0 Å². The van der Waals surface area contributed by atoms with E-state index in [-0.39, 0.29) is 6.04 Å². The van der Waals surface area contributed by atoms with Gasteiger partial charge in [0.05, 0.1) is 0 Å². The molecule has 0 aromatic heterocycles. The van der Waals surface area contributed by atoms with Crippen LogP contribution in [0.2, 0.25) is 0 Å². The topological polar surface area (TPSA) is 32.3 Å². The third-order valence-electron chi connectivity index (χ3n) is 2.84. The van der Waals surface area contributed by atoms with E-state index >= 15 is 0 Å². The minimum absolute atomic E-state index is 0.175. The van der Waals surface area contributed by atoms with E-state index in [4.69, 9.17) is 0 Å². The maximum absolute atomic E-state index is 11.9. The average molecular weight is 236 g/mol. The lowest BCUT2D eigenvalue weighted by molar-refractivity contribution is -0.123. The second kappa shape index (κ2) is 4.14. The number of amides is 2. The Morgan fingerprint density at radius 1 is 1.25 bits per heavy atom. The smallest absolute Gasteiger partial charge is 0.329 e. The van der Waals surface area contributed by atoms with Gasteiger partial charge in [-0.2, -0.15) is 13.2 Å². The Morgan fingerprint density at radius 3 is 2.31 bits per heavy atom. The highest BCUT2D eigenvalue weighted by molar-refractivity contribution is 5.75. The molecule has 0 atom stereocenters. The van der Waals surface area contributed by atoms with Crippen molar-refractivity contribution in [2.75, 3.05) is 13.1 Å². The molecule has 3 nitrogen and oxygen atoms in total. The molecule has 1 N–H and O–H groups in total. The summed E-state index contributed by atoms with van der Waals surface area (Å²) in [6.07, 6.45) is -0.297. The first-order valence-corrected chi connectivity index (χ1v) is 5.57. The summed E-state index contributed by atoms with van der Waals surface area (Å²) in [6, 6.07) is -0.388. The maximum Gasteiger partial charge on any atom is 0.405 e. The van der Waals surface area contributed by atoms with Gasteiger partial charge in [0.25, 0.3) is 0 Å². The van der Waals surface area contributed by atoms with Crippen LogP contribution in [0.1, 0.15) is 25.7 Å². The molecule has 2 saturated carbocycles. The molecule has 2 aliphatic carbocycles. The highest BCUT2D eigenvalue weighted by atomic mass is 19.4. The standard InChI is InChI=1S/C10H15F3N2O/c11-10(12,13)6-14-9(16)15(8-3-4-8)5-7-1-2-7/h7-8H,1-6H2,(H,14,16). The van der Waals surface area contributed by atoms with Crippen molar-refractivity contribution in [1.29, 1.82) is 0 Å². The van der Waals surface area contributed by atoms with Gasteiger partial charge in [0.1, 0.15) is 6.54 Å². The molecule has 2 fully saturated rings. The van der Waals surface area contributed by atoms with E-state index in [1.54, 1.807) is 4.90 Å². The second-order valence-electron chi connectivity index (χ2n) is 4.60. The summed E-state index contributed by atoms with van der Waals surface area (Å²) < 4.78 is 35.8. The third kappa shape index (κ3) is 3.57. The first-order valence-electron chi connectivity index (χ1n) is 5.57. The normalized spacial score (nSPS) is 20.7. The zero-order valence-electron chi connectivity index (χ0n) is 8.89. The quantitative estimate of drug-likeness (QED) is 0.796. The number of urea groups is 1. The van der Waals surface area contributed by atoms with Gasteiger partial charge in [0.2, 0.25) is 0 Å². The number of nitrogens with zero attached hydrogens (tertiary/aromatic N) is 1. The molecule has 16 heavy (non-hydrogen) atoms. The van der Waals surface area contributed by atoms with Crippen LogP contribution in [0.4, 0.5) is 18.0 Å². The Kier molecular flexibility index (Phi) is 2.99. The summed E-state index contributed by atoms with van der Waals surface area (Å²) in [6.45, 7) is -0.617. The number of nitrogens with one attached hydrogen (secondary N) is 1. The zero-order valence-corrected chi connectivity index (χ0v) is 8.89. The molecule has 0 spiro atoms. The Hall–Kier alpha value is -0.940. The zero-order chi connectivity index (χ0) is 11.8. The monoisotopic (exact) mass is 236 g/mol. The van der Waals surface area contributed by atoms with E-state index in [0.717, 1.165) is 25.7 Å². The SMILES string of the molecule is O=C(NCC(F)(F)F)N(CC1CC1)C1CC1. The molecule has 6 heteroatoms. The predicted molar refractivity (Wildman–Crippen MR) is 51.9 cm³/mol. The summed E-state index contributed by atoms with van der Waals surface area (Å²) in [5.74, 6) is 0.511. The number of rotatable bonds is 4. The molecule has 0 saturated heterocycles. The summed E-state index contributed by atoms with van der Waals surface area (Å²) in [4.78, 5) is 13.1. The number of carbonyl (C=O) groups is 1. The Bertz CT molecular complexity index is 272. The molecule has 2 rings (SSSR count). The first-order chi connectivity index (χ1) is 7.46. The van der Waals surface area contributed by atoms with Crippen LogP contribution in [0.5, 0.6) is 0 Å². The van der Waals surface area contributed by atoms with Gasteiger partial charge in [-0.1, -0.05) is 0 Å². The van der Waals surface area contributed by atoms with E-state index in [0.29, 0.717) is 12.5 Å². The van der Waals surface area contributed by atoms with E-state index < -0.39 is 18.8 Å². The van der Waals surface area contributed by atoms with Crippen molar-refractivity contribution in [3.8, 4) is 0 Å². The number of hydrogen-bond donors (Lipinski definition) is 1. The van der Waals surface area contributed by atoms with Gasteiger partial charge in [0, 0.05) is 12.6 Å². The van der Waals surface area contributed by atoms with Crippen molar-refractivity contribution in [3.05, 3.63) is 0 Å². The van der Waals surface area contributed by atoms with Gasteiger partial charge < -0.3 is 10.2 Å². The van der Waals surface area contributed by atoms with E-state index in [2.05, 4.69) is 0 Å². The molecular formula is C10H15F3N2O. The average Bonchev–Trinajstić information content (AvgIpc) is 2.97. The summed E-state index contributed by atoms with van der Waals surface area (Å²) in [5.41, 5.74) is 0. The third-order valence-corrected chi connectivity index (χ3v) is 2.84. The highest BCUT2D eigenvalue weighted by Gasteiger charge is 2.37. The Morgan fingerprint density at radius 2 is 1.88 bits per heavy atom. The lowest BCUT2D eigenvalue weighted by Gasteiger charge is -2.23. The first kappa shape index (κ1) is 11.5. The van der Waals surface area contributed by atoms with Gasteiger partial charge in [-0.25, -0.2) is 4.79 Å². The van der Waals surface area contributed by atoms with Crippen molar-refractivity contribution >= 4 is 6.03 Å². The molecule has 2 aliphatic rings. The molecule has 0 unspecified atom stereocenters. The molecule has 0 radical (unpaired) electrons. The van der Waals surface area contributed by atoms with Crippen LogP contribution in [0.15, 0.2) is 0 Å². The summed E-state index contributed by atoms with van der Waals surface area (Å²) in [5, 5.41) is 1.94. The molecule has 0 aromatic carbocycles. The molecular weight excluding hydrogens is 221 g/mol. The molecule has 2 amide bonds. The van der Waals surface area contributed by atoms with Crippen LogP contribution in [0.25, 0.3) is 0 Å². The van der Waals surface area contributed by atoms with E-state index in [1.165, 1.54) is 0 Å². The highest BCUT2D eigenvalue weighted by Crippen LogP contribution is 2.34. The lowest BCUT2D eigenvalue weighted by atomic mass is 10.3. The number of halogens is 3. The maximum atomic E-state index is 11.9. The van der Waals surface area contributed by atoms with Crippen molar-refractivity contribution in [2.24, 2.45) is 5.92 Å². The number of hydrogen-bond acceptors (Lipinski definition) is 1. The van der Waals surface area contributed by atoms with Gasteiger partial charge in [-0.15, -0.1) is 0 Å². The summed E-state index contributed by atoms with van der Waals surface area (Å²) in [7, 11) is 0. The van der Waals surface area contributed by atoms with Gasteiger partial charge >= 0.3 is 12.2 Å². The van der Waals surface area contributed by atoms with Crippen LogP contribution in [-0.2, 0) is 0 Å². The van der Waals surface area contributed by atoms with Gasteiger partial charge in [0.15, 0.2) is 0 Å². The molecule has 0 heterocycles. The largest absolute Gasteiger partial charge is 0.405 e. The van der Waals surface area contributed by atoms with Crippen LogP contribution >= 0.6 is 0 Å². The molecule has 0 aliphatic heterocycles. The Balaban J connectivity index is 1.79. The molecule has 92 valence electrons. The van der Waals surface area contributed by atoms with Crippen molar-refractivity contribution < 1.29 is 18.0 Å². The molecule has 0 aromatic rings. The number of alkyl halides is 3. The minimum atomic E-state index is -4.33. The fraction of sp³-hybridized carbons (Fsp3) is 0.900. The van der Waals surface area contributed by atoms with Gasteiger partial charge in [-0.3, -0.25) is 0 Å². The second-order valence-corrected chi connectivity index (χ2v) is 4.60. The number of carbonyl (C=O) groups excluding carboxylic acids is 1. The van der Waals surface area contributed by atoms with Crippen LogP contribution < -0.4 is 5.32 Å². The van der Waals surface area contributed by atoms with Gasteiger partial charge in [-0.05, 0) is 31.6 Å². The van der Waals surface area contributed by atoms with E-state index in [1.807, 2.05) is 5.32 Å². The summed E-state index contributed by atoms with van der Waals surface area (Å²) >= 11 is 0. The van der Waals surface area contributed by atoms with Crippen molar-refractivity contribution in [1.82, 2.24) is 10.2 Å². The fourth-order valence-corrected chi connectivity index (χ4v) is 1.64. The van der Waals surface area contributed by atoms with Crippen molar-refractivity contribution in [2.45, 2.75) is 37.9 Å². The molecule has 0 bridgehead atoms.